The summed E-state index contributed by atoms with van der Waals surface area (Å²) in [5.74, 6) is -0.295. The largest absolute Gasteiger partial charge is 0.456 e. The SMILES string of the molecule is CC(C)(C)OC(=O)c1ccc(NC(=O)Oc2ccc([N+](=O)[O-])cc2)cc1. The number of hydrogen-bond acceptors (Lipinski definition) is 6. The van der Waals surface area contributed by atoms with E-state index in [1.54, 1.807) is 20.8 Å². The Bertz CT molecular complexity index is 807. The number of amides is 1. The molecule has 0 bridgehead atoms. The lowest BCUT2D eigenvalue weighted by atomic mass is 10.1. The molecule has 8 nitrogen and oxygen atoms in total. The van der Waals surface area contributed by atoms with Gasteiger partial charge in [0.25, 0.3) is 5.69 Å². The number of carbonyl (C=O) groups is 2. The molecule has 0 aliphatic rings. The van der Waals surface area contributed by atoms with E-state index in [9.17, 15) is 19.7 Å². The molecule has 2 rings (SSSR count). The number of nitro benzene ring substituents is 1. The summed E-state index contributed by atoms with van der Waals surface area (Å²) >= 11 is 0. The van der Waals surface area contributed by atoms with Crippen LogP contribution in [-0.2, 0) is 4.74 Å². The molecule has 0 heterocycles. The molecular weight excluding hydrogens is 340 g/mol. The molecule has 2 aromatic rings. The highest BCUT2D eigenvalue weighted by atomic mass is 16.6. The number of nitro groups is 1. The first kappa shape index (κ1) is 18.9. The fourth-order valence-corrected chi connectivity index (χ4v) is 1.91. The minimum atomic E-state index is -0.760. The molecule has 0 saturated carbocycles. The Labute approximate surface area is 149 Å². The van der Waals surface area contributed by atoms with Crippen molar-refractivity contribution in [2.75, 3.05) is 5.32 Å². The van der Waals surface area contributed by atoms with Crippen molar-refractivity contribution >= 4 is 23.4 Å². The lowest BCUT2D eigenvalue weighted by molar-refractivity contribution is -0.384. The van der Waals surface area contributed by atoms with Gasteiger partial charge in [-0.1, -0.05) is 0 Å². The minimum absolute atomic E-state index is 0.101. The maximum atomic E-state index is 11.9. The van der Waals surface area contributed by atoms with E-state index in [0.717, 1.165) is 0 Å². The Balaban J connectivity index is 1.94. The molecule has 136 valence electrons. The number of hydrogen-bond donors (Lipinski definition) is 1. The topological polar surface area (TPSA) is 108 Å². The van der Waals surface area contributed by atoms with Crippen LogP contribution in [0.15, 0.2) is 48.5 Å². The van der Waals surface area contributed by atoms with Crippen LogP contribution in [0.2, 0.25) is 0 Å². The average Bonchev–Trinajstić information content (AvgIpc) is 2.54. The number of nitrogens with one attached hydrogen (secondary N) is 1. The van der Waals surface area contributed by atoms with Gasteiger partial charge in [0.15, 0.2) is 0 Å². The highest BCUT2D eigenvalue weighted by Crippen LogP contribution is 2.19. The highest BCUT2D eigenvalue weighted by molar-refractivity contribution is 5.91. The lowest BCUT2D eigenvalue weighted by Crippen LogP contribution is -2.23. The number of rotatable bonds is 4. The van der Waals surface area contributed by atoms with Crippen LogP contribution < -0.4 is 10.1 Å². The number of non-ortho nitro benzene ring substituents is 1. The monoisotopic (exact) mass is 358 g/mol. The van der Waals surface area contributed by atoms with Gasteiger partial charge < -0.3 is 9.47 Å². The summed E-state index contributed by atoms with van der Waals surface area (Å²) in [6.07, 6.45) is -0.760. The molecule has 0 aromatic heterocycles. The van der Waals surface area contributed by atoms with Gasteiger partial charge in [0.05, 0.1) is 10.5 Å². The molecule has 0 atom stereocenters. The average molecular weight is 358 g/mol. The van der Waals surface area contributed by atoms with Crippen molar-refractivity contribution in [3.8, 4) is 5.75 Å². The Kier molecular flexibility index (Phi) is 5.56. The maximum absolute atomic E-state index is 11.9. The van der Waals surface area contributed by atoms with Crippen LogP contribution in [0.3, 0.4) is 0 Å². The van der Waals surface area contributed by atoms with Gasteiger partial charge in [0.2, 0.25) is 0 Å². The molecule has 0 aliphatic carbocycles. The molecule has 26 heavy (non-hydrogen) atoms. The standard InChI is InChI=1S/C18H18N2O6/c1-18(2,3)26-16(21)12-4-6-13(7-5-12)19-17(22)25-15-10-8-14(9-11-15)20(23)24/h4-11H,1-3H3,(H,19,22). The van der Waals surface area contributed by atoms with Crippen LogP contribution in [0, 0.1) is 10.1 Å². The number of carbonyl (C=O) groups excluding carboxylic acids is 2. The molecule has 8 heteroatoms. The molecule has 1 amide bonds. The number of esters is 1. The second kappa shape index (κ2) is 7.64. The van der Waals surface area contributed by atoms with Crippen LogP contribution in [-0.4, -0.2) is 22.6 Å². The van der Waals surface area contributed by atoms with Crippen LogP contribution in [0.5, 0.6) is 5.75 Å². The Morgan fingerprint density at radius 3 is 2.08 bits per heavy atom. The number of ether oxygens (including phenoxy) is 2. The van der Waals surface area contributed by atoms with E-state index < -0.39 is 22.6 Å². The molecular formula is C18H18N2O6. The zero-order valence-electron chi connectivity index (χ0n) is 14.5. The van der Waals surface area contributed by atoms with Gasteiger partial charge in [0, 0.05) is 17.8 Å². The van der Waals surface area contributed by atoms with E-state index in [-0.39, 0.29) is 11.4 Å². The molecule has 0 aliphatic heterocycles. The fourth-order valence-electron chi connectivity index (χ4n) is 1.91. The van der Waals surface area contributed by atoms with E-state index >= 15 is 0 Å². The van der Waals surface area contributed by atoms with Gasteiger partial charge in [-0.2, -0.15) is 0 Å². The van der Waals surface area contributed by atoms with E-state index in [0.29, 0.717) is 11.3 Å². The smallest absolute Gasteiger partial charge is 0.417 e. The summed E-state index contributed by atoms with van der Waals surface area (Å²) in [6.45, 7) is 5.32. The van der Waals surface area contributed by atoms with Crippen molar-refractivity contribution in [1.82, 2.24) is 0 Å². The van der Waals surface area contributed by atoms with E-state index in [4.69, 9.17) is 9.47 Å². The first-order chi connectivity index (χ1) is 12.1. The minimum Gasteiger partial charge on any atom is -0.456 e. The molecule has 0 spiro atoms. The van der Waals surface area contributed by atoms with E-state index in [1.165, 1.54) is 48.5 Å². The molecule has 2 aromatic carbocycles. The summed E-state index contributed by atoms with van der Waals surface area (Å²) in [7, 11) is 0. The Morgan fingerprint density at radius 2 is 1.58 bits per heavy atom. The number of anilines is 1. The van der Waals surface area contributed by atoms with Crippen LogP contribution in [0.1, 0.15) is 31.1 Å². The third-order valence-electron chi connectivity index (χ3n) is 3.02. The second-order valence-corrected chi connectivity index (χ2v) is 6.34. The van der Waals surface area contributed by atoms with Crippen molar-refractivity contribution in [3.05, 3.63) is 64.2 Å². The summed E-state index contributed by atoms with van der Waals surface area (Å²) in [5.41, 5.74) is 0.0803. The van der Waals surface area contributed by atoms with Crippen molar-refractivity contribution in [3.63, 3.8) is 0 Å². The van der Waals surface area contributed by atoms with Gasteiger partial charge in [0.1, 0.15) is 11.4 Å². The molecule has 0 unspecified atom stereocenters. The van der Waals surface area contributed by atoms with Crippen LogP contribution in [0.25, 0.3) is 0 Å². The predicted molar refractivity (Wildman–Crippen MR) is 94.4 cm³/mol. The maximum Gasteiger partial charge on any atom is 0.417 e. The van der Waals surface area contributed by atoms with Gasteiger partial charge in [-0.05, 0) is 57.2 Å². The second-order valence-electron chi connectivity index (χ2n) is 6.34. The Hall–Kier alpha value is -3.42. The summed E-state index contributed by atoms with van der Waals surface area (Å²) in [6, 6.07) is 11.2. The van der Waals surface area contributed by atoms with Gasteiger partial charge in [-0.25, -0.2) is 9.59 Å². The highest BCUT2D eigenvalue weighted by Gasteiger charge is 2.17. The molecule has 0 radical (unpaired) electrons. The Morgan fingerprint density at radius 1 is 1.00 bits per heavy atom. The van der Waals surface area contributed by atoms with E-state index in [1.807, 2.05) is 0 Å². The van der Waals surface area contributed by atoms with Crippen LogP contribution in [0.4, 0.5) is 16.2 Å². The van der Waals surface area contributed by atoms with Gasteiger partial charge in [-0.15, -0.1) is 0 Å². The summed E-state index contributed by atoms with van der Waals surface area (Å²) in [4.78, 5) is 33.8. The van der Waals surface area contributed by atoms with Crippen molar-refractivity contribution < 1.29 is 24.0 Å². The van der Waals surface area contributed by atoms with Gasteiger partial charge in [-0.3, -0.25) is 15.4 Å². The van der Waals surface area contributed by atoms with Crippen LogP contribution >= 0.6 is 0 Å². The molecule has 1 N–H and O–H groups in total. The lowest BCUT2D eigenvalue weighted by Gasteiger charge is -2.19. The van der Waals surface area contributed by atoms with Crippen molar-refractivity contribution in [1.29, 1.82) is 0 Å². The predicted octanol–water partition coefficient (Wildman–Crippen LogP) is 4.16. The number of benzene rings is 2. The van der Waals surface area contributed by atoms with Gasteiger partial charge >= 0.3 is 12.1 Å². The third kappa shape index (κ3) is 5.59. The molecule has 0 saturated heterocycles. The summed E-state index contributed by atoms with van der Waals surface area (Å²) in [5, 5.41) is 13.1. The fraction of sp³-hybridized carbons (Fsp3) is 0.222. The quantitative estimate of drug-likeness (QED) is 0.499. The molecule has 0 fully saturated rings. The normalized spacial score (nSPS) is 10.7. The summed E-state index contributed by atoms with van der Waals surface area (Å²) < 4.78 is 10.3. The zero-order valence-corrected chi connectivity index (χ0v) is 14.5. The number of nitrogens with zero attached hydrogens (tertiary/aromatic N) is 1. The van der Waals surface area contributed by atoms with Crippen molar-refractivity contribution in [2.24, 2.45) is 0 Å². The zero-order chi connectivity index (χ0) is 19.3. The van der Waals surface area contributed by atoms with Crippen molar-refractivity contribution in [2.45, 2.75) is 26.4 Å². The first-order valence-corrected chi connectivity index (χ1v) is 7.71. The van der Waals surface area contributed by atoms with E-state index in [2.05, 4.69) is 5.32 Å². The first-order valence-electron chi connectivity index (χ1n) is 7.71. The third-order valence-corrected chi connectivity index (χ3v) is 3.02.